The molecule has 1 atom stereocenters. The molecule has 3 heteroatoms. The third-order valence-electron chi connectivity index (χ3n) is 2.26. The molecule has 0 aromatic heterocycles. The van der Waals surface area contributed by atoms with Gasteiger partial charge in [0.2, 0.25) is 0 Å². The number of alkyl halides is 1. The van der Waals surface area contributed by atoms with Crippen LogP contribution >= 0.6 is 0 Å². The van der Waals surface area contributed by atoms with Crippen LogP contribution in [0.15, 0.2) is 24.3 Å². The fourth-order valence-corrected chi connectivity index (χ4v) is 1.61. The molecule has 84 valence electrons. The van der Waals surface area contributed by atoms with Crippen LogP contribution in [-0.2, 0) is 6.42 Å². The Balaban J connectivity index is 2.96. The van der Waals surface area contributed by atoms with E-state index in [1.54, 1.807) is 0 Å². The van der Waals surface area contributed by atoms with Gasteiger partial charge in [0.25, 0.3) is 0 Å². The van der Waals surface area contributed by atoms with Crippen molar-refractivity contribution < 1.29 is 9.50 Å². The monoisotopic (exact) mass is 211 g/mol. The van der Waals surface area contributed by atoms with Gasteiger partial charge in [-0.3, -0.25) is 0 Å². The molecule has 1 aromatic carbocycles. The first-order valence-corrected chi connectivity index (χ1v) is 5.07. The smallest absolute Gasteiger partial charge is 0.109 e. The minimum atomic E-state index is -1.26. The van der Waals surface area contributed by atoms with E-state index >= 15 is 0 Å². The van der Waals surface area contributed by atoms with E-state index in [0.717, 1.165) is 11.1 Å². The van der Waals surface area contributed by atoms with Gasteiger partial charge in [0.1, 0.15) is 5.67 Å². The third-order valence-corrected chi connectivity index (χ3v) is 2.26. The van der Waals surface area contributed by atoms with Gasteiger partial charge in [-0.15, -0.1) is 0 Å². The molecule has 0 spiro atoms. The van der Waals surface area contributed by atoms with Gasteiger partial charge in [-0.25, -0.2) is 4.39 Å². The highest BCUT2D eigenvalue weighted by molar-refractivity contribution is 5.31. The van der Waals surface area contributed by atoms with Crippen LogP contribution in [-0.4, -0.2) is 17.4 Å². The van der Waals surface area contributed by atoms with Crippen LogP contribution in [0, 0.1) is 0 Å². The second kappa shape index (κ2) is 4.73. The van der Waals surface area contributed by atoms with Crippen LogP contribution in [0.4, 0.5) is 4.39 Å². The summed E-state index contributed by atoms with van der Waals surface area (Å²) >= 11 is 0. The minimum Gasteiger partial charge on any atom is -0.394 e. The number of benzene rings is 1. The molecule has 1 unspecified atom stereocenters. The summed E-state index contributed by atoms with van der Waals surface area (Å²) in [7, 11) is 0. The lowest BCUT2D eigenvalue weighted by atomic mass is 9.93. The van der Waals surface area contributed by atoms with Crippen molar-refractivity contribution in [3.8, 4) is 0 Å². The van der Waals surface area contributed by atoms with Gasteiger partial charge in [0, 0.05) is 6.42 Å². The number of aliphatic hydroxyl groups is 1. The fraction of sp³-hybridized carbons (Fsp3) is 0.500. The lowest BCUT2D eigenvalue weighted by Crippen LogP contribution is -2.21. The number of rotatable bonds is 4. The second-order valence-corrected chi connectivity index (χ2v) is 4.38. The topological polar surface area (TPSA) is 46.2 Å². The van der Waals surface area contributed by atoms with Crippen LogP contribution in [0.3, 0.4) is 0 Å². The number of aliphatic hydroxyl groups excluding tert-OH is 1. The molecule has 0 aliphatic carbocycles. The van der Waals surface area contributed by atoms with Crippen LogP contribution in [0.5, 0.6) is 0 Å². The van der Waals surface area contributed by atoms with Crippen LogP contribution in [0.25, 0.3) is 0 Å². The molecule has 2 nitrogen and oxygen atoms in total. The van der Waals surface area contributed by atoms with E-state index in [1.807, 2.05) is 24.3 Å². The molecule has 15 heavy (non-hydrogen) atoms. The van der Waals surface area contributed by atoms with Crippen molar-refractivity contribution in [2.75, 3.05) is 6.61 Å². The van der Waals surface area contributed by atoms with Gasteiger partial charge in [0.15, 0.2) is 0 Å². The van der Waals surface area contributed by atoms with E-state index in [2.05, 4.69) is 0 Å². The Kier molecular flexibility index (Phi) is 3.83. The van der Waals surface area contributed by atoms with Crippen molar-refractivity contribution in [3.05, 3.63) is 35.4 Å². The molecule has 0 fully saturated rings. The predicted molar refractivity (Wildman–Crippen MR) is 59.3 cm³/mol. The summed E-state index contributed by atoms with van der Waals surface area (Å²) in [4.78, 5) is 0. The van der Waals surface area contributed by atoms with Gasteiger partial charge >= 0.3 is 0 Å². The standard InChI is InChI=1S/C12H18FNO/c1-12(2,13)7-9-5-3-4-6-10(9)11(14)8-15/h3-6,11,15H,7-8,14H2,1-2H3. The first-order valence-electron chi connectivity index (χ1n) is 5.07. The largest absolute Gasteiger partial charge is 0.394 e. The summed E-state index contributed by atoms with van der Waals surface area (Å²) < 4.78 is 13.5. The average molecular weight is 211 g/mol. The Morgan fingerprint density at radius 1 is 1.40 bits per heavy atom. The minimum absolute atomic E-state index is 0.121. The van der Waals surface area contributed by atoms with E-state index in [0.29, 0.717) is 6.42 Å². The predicted octanol–water partition coefficient (Wildman–Crippen LogP) is 1.97. The van der Waals surface area contributed by atoms with E-state index in [9.17, 15) is 4.39 Å². The molecule has 0 saturated carbocycles. The second-order valence-electron chi connectivity index (χ2n) is 4.38. The zero-order chi connectivity index (χ0) is 11.5. The third kappa shape index (κ3) is 3.61. The van der Waals surface area contributed by atoms with Gasteiger partial charge < -0.3 is 10.8 Å². The van der Waals surface area contributed by atoms with Crippen LogP contribution in [0.1, 0.15) is 31.0 Å². The number of hydrogen-bond donors (Lipinski definition) is 2. The molecular formula is C12H18FNO. The Morgan fingerprint density at radius 2 is 2.00 bits per heavy atom. The lowest BCUT2D eigenvalue weighted by Gasteiger charge is -2.19. The summed E-state index contributed by atoms with van der Waals surface area (Å²) in [6, 6.07) is 6.96. The number of hydrogen-bond acceptors (Lipinski definition) is 2. The molecular weight excluding hydrogens is 193 g/mol. The first kappa shape index (κ1) is 12.1. The number of halogens is 1. The molecule has 3 N–H and O–H groups in total. The SMILES string of the molecule is CC(C)(F)Cc1ccccc1C(N)CO. The van der Waals surface area contributed by atoms with Crippen LogP contribution in [0.2, 0.25) is 0 Å². The maximum Gasteiger partial charge on any atom is 0.109 e. The normalized spacial score (nSPS) is 13.9. The molecule has 0 amide bonds. The molecule has 0 saturated heterocycles. The van der Waals surface area contributed by atoms with Crippen molar-refractivity contribution >= 4 is 0 Å². The van der Waals surface area contributed by atoms with Crippen molar-refractivity contribution in [2.45, 2.75) is 32.0 Å². The van der Waals surface area contributed by atoms with Crippen molar-refractivity contribution in [2.24, 2.45) is 5.73 Å². The van der Waals surface area contributed by atoms with Gasteiger partial charge in [0.05, 0.1) is 12.6 Å². The highest BCUT2D eigenvalue weighted by atomic mass is 19.1. The fourth-order valence-electron chi connectivity index (χ4n) is 1.61. The van der Waals surface area contributed by atoms with E-state index in [1.165, 1.54) is 13.8 Å². The Bertz CT molecular complexity index is 320. The zero-order valence-electron chi connectivity index (χ0n) is 9.20. The summed E-state index contributed by atoms with van der Waals surface area (Å²) in [5.41, 5.74) is 6.17. The van der Waals surface area contributed by atoms with E-state index < -0.39 is 11.7 Å². The summed E-state index contributed by atoms with van der Waals surface area (Å²) in [5.74, 6) is 0. The molecule has 0 aliphatic heterocycles. The Hall–Kier alpha value is -0.930. The van der Waals surface area contributed by atoms with E-state index in [4.69, 9.17) is 10.8 Å². The lowest BCUT2D eigenvalue weighted by molar-refractivity contribution is 0.215. The highest BCUT2D eigenvalue weighted by Gasteiger charge is 2.19. The maximum absolute atomic E-state index is 13.5. The van der Waals surface area contributed by atoms with Crippen molar-refractivity contribution in [3.63, 3.8) is 0 Å². The molecule has 0 heterocycles. The summed E-state index contributed by atoms with van der Waals surface area (Å²) in [6.45, 7) is 2.95. The zero-order valence-corrected chi connectivity index (χ0v) is 9.20. The molecule has 1 rings (SSSR count). The summed E-state index contributed by atoms with van der Waals surface area (Å²) in [6.07, 6.45) is 0.316. The summed E-state index contributed by atoms with van der Waals surface area (Å²) in [5, 5.41) is 8.99. The Morgan fingerprint density at radius 3 is 2.53 bits per heavy atom. The molecule has 0 aliphatic rings. The Labute approximate surface area is 89.9 Å². The number of nitrogens with two attached hydrogens (primary N) is 1. The van der Waals surface area contributed by atoms with E-state index in [-0.39, 0.29) is 6.61 Å². The van der Waals surface area contributed by atoms with Gasteiger partial charge in [-0.1, -0.05) is 24.3 Å². The molecule has 0 radical (unpaired) electrons. The van der Waals surface area contributed by atoms with Crippen molar-refractivity contribution in [1.82, 2.24) is 0 Å². The van der Waals surface area contributed by atoms with Gasteiger partial charge in [-0.05, 0) is 25.0 Å². The quantitative estimate of drug-likeness (QED) is 0.799. The first-order chi connectivity index (χ1) is 6.94. The maximum atomic E-state index is 13.5. The van der Waals surface area contributed by atoms with Gasteiger partial charge in [-0.2, -0.15) is 0 Å². The van der Waals surface area contributed by atoms with Crippen molar-refractivity contribution in [1.29, 1.82) is 0 Å². The molecule has 1 aromatic rings. The molecule has 0 bridgehead atoms. The highest BCUT2D eigenvalue weighted by Crippen LogP contribution is 2.22. The average Bonchev–Trinajstić information content (AvgIpc) is 2.15. The van der Waals surface area contributed by atoms with Crippen LogP contribution < -0.4 is 5.73 Å².